The number of nitrogens with one attached hydrogen (secondary N) is 1. The van der Waals surface area contributed by atoms with Crippen molar-refractivity contribution >= 4 is 6.09 Å². The van der Waals surface area contributed by atoms with Crippen molar-refractivity contribution < 1.29 is 9.53 Å². The molecular weight excluding hydrogens is 190 g/mol. The van der Waals surface area contributed by atoms with E-state index >= 15 is 0 Å². The minimum atomic E-state index is -0.409. The maximum absolute atomic E-state index is 11.3. The summed E-state index contributed by atoms with van der Waals surface area (Å²) in [7, 11) is 0. The molecule has 1 N–H and O–H groups in total. The first-order valence-electron chi connectivity index (χ1n) is 5.69. The molecule has 0 aromatic carbocycles. The van der Waals surface area contributed by atoms with Gasteiger partial charge in [-0.1, -0.05) is 20.8 Å². The fourth-order valence-electron chi connectivity index (χ4n) is 1.05. The fourth-order valence-corrected chi connectivity index (χ4v) is 1.05. The Kier molecular flexibility index (Phi) is 5.69. The molecule has 90 valence electrons. The highest BCUT2D eigenvalue weighted by Gasteiger charge is 2.16. The molecule has 0 saturated heterocycles. The van der Waals surface area contributed by atoms with E-state index in [9.17, 15) is 4.79 Å². The Morgan fingerprint density at radius 1 is 1.27 bits per heavy atom. The van der Waals surface area contributed by atoms with Crippen molar-refractivity contribution in [1.82, 2.24) is 5.32 Å². The van der Waals surface area contributed by atoms with Crippen LogP contribution < -0.4 is 5.32 Å². The Hall–Kier alpha value is -0.730. The second-order valence-corrected chi connectivity index (χ2v) is 5.44. The molecule has 0 saturated carbocycles. The van der Waals surface area contributed by atoms with Gasteiger partial charge in [-0.05, 0) is 39.0 Å². The summed E-state index contributed by atoms with van der Waals surface area (Å²) in [6.45, 7) is 12.9. The Morgan fingerprint density at radius 3 is 2.20 bits per heavy atom. The van der Waals surface area contributed by atoms with E-state index in [0.29, 0.717) is 18.4 Å². The lowest BCUT2D eigenvalue weighted by Crippen LogP contribution is -2.33. The molecule has 1 amide bonds. The number of hydrogen-bond donors (Lipinski definition) is 1. The Bertz CT molecular complexity index is 194. The number of carbonyl (C=O) groups excluding carboxylic acids is 1. The van der Waals surface area contributed by atoms with Crippen molar-refractivity contribution in [2.75, 3.05) is 6.54 Å². The molecule has 0 aliphatic rings. The van der Waals surface area contributed by atoms with Crippen LogP contribution in [0.25, 0.3) is 0 Å². The minimum absolute atomic E-state index is 0.321. The van der Waals surface area contributed by atoms with E-state index in [1.165, 1.54) is 0 Å². The van der Waals surface area contributed by atoms with Gasteiger partial charge in [-0.25, -0.2) is 4.79 Å². The topological polar surface area (TPSA) is 38.3 Å². The summed E-state index contributed by atoms with van der Waals surface area (Å²) < 4.78 is 5.13. The second kappa shape index (κ2) is 5.99. The van der Waals surface area contributed by atoms with Crippen LogP contribution in [0.5, 0.6) is 0 Å². The molecule has 3 heteroatoms. The average Bonchev–Trinajstić information content (AvgIpc) is 2.00. The van der Waals surface area contributed by atoms with Gasteiger partial charge in [0, 0.05) is 6.54 Å². The van der Waals surface area contributed by atoms with Crippen molar-refractivity contribution in [2.24, 2.45) is 11.8 Å². The van der Waals surface area contributed by atoms with E-state index in [1.807, 2.05) is 20.8 Å². The first-order valence-corrected chi connectivity index (χ1v) is 5.69. The van der Waals surface area contributed by atoms with Crippen LogP contribution >= 0.6 is 0 Å². The summed E-state index contributed by atoms with van der Waals surface area (Å²) in [5.74, 6) is 1.28. The van der Waals surface area contributed by atoms with E-state index in [2.05, 4.69) is 26.1 Å². The van der Waals surface area contributed by atoms with Crippen LogP contribution in [0.15, 0.2) is 0 Å². The first kappa shape index (κ1) is 14.3. The first-order chi connectivity index (χ1) is 6.72. The molecule has 0 radical (unpaired) electrons. The van der Waals surface area contributed by atoms with Gasteiger partial charge in [0.15, 0.2) is 0 Å². The molecule has 0 aromatic heterocycles. The molecule has 0 aliphatic heterocycles. The van der Waals surface area contributed by atoms with Crippen molar-refractivity contribution in [3.8, 4) is 0 Å². The van der Waals surface area contributed by atoms with E-state index < -0.39 is 5.60 Å². The smallest absolute Gasteiger partial charge is 0.407 e. The summed E-state index contributed by atoms with van der Waals surface area (Å²) in [4.78, 5) is 11.3. The van der Waals surface area contributed by atoms with Crippen LogP contribution in [0.2, 0.25) is 0 Å². The number of alkyl carbamates (subject to hydrolysis) is 1. The van der Waals surface area contributed by atoms with E-state index in [0.717, 1.165) is 6.42 Å². The van der Waals surface area contributed by atoms with Crippen molar-refractivity contribution in [3.05, 3.63) is 0 Å². The van der Waals surface area contributed by atoms with Crippen LogP contribution in [0.3, 0.4) is 0 Å². The molecule has 0 bridgehead atoms. The quantitative estimate of drug-likeness (QED) is 0.782. The van der Waals surface area contributed by atoms with Gasteiger partial charge < -0.3 is 10.1 Å². The van der Waals surface area contributed by atoms with Gasteiger partial charge in [0.1, 0.15) is 5.60 Å². The molecule has 0 fully saturated rings. The summed E-state index contributed by atoms with van der Waals surface area (Å²) in [5, 5.41) is 2.76. The highest BCUT2D eigenvalue weighted by Crippen LogP contribution is 2.13. The number of rotatable bonds is 4. The average molecular weight is 215 g/mol. The third-order valence-electron chi connectivity index (χ3n) is 2.41. The molecular formula is C12H25NO2. The predicted octanol–water partition coefficient (Wildman–Crippen LogP) is 3.19. The zero-order chi connectivity index (χ0) is 12.1. The largest absolute Gasteiger partial charge is 0.444 e. The number of ether oxygens (including phenoxy) is 1. The van der Waals surface area contributed by atoms with Gasteiger partial charge >= 0.3 is 6.09 Å². The maximum Gasteiger partial charge on any atom is 0.407 e. The van der Waals surface area contributed by atoms with Gasteiger partial charge in [-0.15, -0.1) is 0 Å². The van der Waals surface area contributed by atoms with Crippen LogP contribution in [0.4, 0.5) is 4.79 Å². The molecule has 0 rings (SSSR count). The third kappa shape index (κ3) is 8.28. The molecule has 0 heterocycles. The lowest BCUT2D eigenvalue weighted by Gasteiger charge is -2.20. The summed E-state index contributed by atoms with van der Waals surface area (Å²) >= 11 is 0. The molecule has 0 aliphatic carbocycles. The predicted molar refractivity (Wildman–Crippen MR) is 62.9 cm³/mol. The van der Waals surface area contributed by atoms with Crippen molar-refractivity contribution in [1.29, 1.82) is 0 Å². The van der Waals surface area contributed by atoms with Crippen LogP contribution in [-0.4, -0.2) is 18.2 Å². The SMILES string of the molecule is CC(C)C(C)CCNC(=O)OC(C)(C)C. The molecule has 15 heavy (non-hydrogen) atoms. The molecule has 1 atom stereocenters. The van der Waals surface area contributed by atoms with Crippen LogP contribution in [0, 0.1) is 11.8 Å². The van der Waals surface area contributed by atoms with E-state index in [1.54, 1.807) is 0 Å². The lowest BCUT2D eigenvalue weighted by molar-refractivity contribution is 0.0524. The Morgan fingerprint density at radius 2 is 1.80 bits per heavy atom. The monoisotopic (exact) mass is 215 g/mol. The van der Waals surface area contributed by atoms with Gasteiger partial charge in [-0.2, -0.15) is 0 Å². The molecule has 3 nitrogen and oxygen atoms in total. The number of carbonyl (C=O) groups is 1. The normalized spacial score (nSPS) is 13.8. The van der Waals surface area contributed by atoms with Crippen LogP contribution in [-0.2, 0) is 4.74 Å². The minimum Gasteiger partial charge on any atom is -0.444 e. The highest BCUT2D eigenvalue weighted by molar-refractivity contribution is 5.67. The summed E-state index contributed by atoms with van der Waals surface area (Å²) in [6.07, 6.45) is 0.676. The highest BCUT2D eigenvalue weighted by atomic mass is 16.6. The number of hydrogen-bond acceptors (Lipinski definition) is 2. The molecule has 1 unspecified atom stereocenters. The molecule has 0 spiro atoms. The van der Waals surface area contributed by atoms with E-state index in [4.69, 9.17) is 4.74 Å². The van der Waals surface area contributed by atoms with Crippen LogP contribution in [0.1, 0.15) is 48.0 Å². The van der Waals surface area contributed by atoms with Gasteiger partial charge in [0.2, 0.25) is 0 Å². The standard InChI is InChI=1S/C12H25NO2/c1-9(2)10(3)7-8-13-11(14)15-12(4,5)6/h9-10H,7-8H2,1-6H3,(H,13,14). The fraction of sp³-hybridized carbons (Fsp3) is 0.917. The Balaban J connectivity index is 3.65. The summed E-state index contributed by atoms with van der Waals surface area (Å²) in [5.41, 5.74) is -0.409. The van der Waals surface area contributed by atoms with Gasteiger partial charge in [0.25, 0.3) is 0 Å². The van der Waals surface area contributed by atoms with Crippen molar-refractivity contribution in [3.63, 3.8) is 0 Å². The number of amides is 1. The Labute approximate surface area is 93.6 Å². The second-order valence-electron chi connectivity index (χ2n) is 5.44. The zero-order valence-electron chi connectivity index (χ0n) is 10.9. The van der Waals surface area contributed by atoms with Crippen molar-refractivity contribution in [2.45, 2.75) is 53.6 Å². The molecule has 0 aromatic rings. The third-order valence-corrected chi connectivity index (χ3v) is 2.41. The zero-order valence-corrected chi connectivity index (χ0v) is 10.9. The lowest BCUT2D eigenvalue weighted by atomic mass is 9.95. The maximum atomic E-state index is 11.3. The summed E-state index contributed by atoms with van der Waals surface area (Å²) in [6, 6.07) is 0. The van der Waals surface area contributed by atoms with E-state index in [-0.39, 0.29) is 6.09 Å². The van der Waals surface area contributed by atoms with Gasteiger partial charge in [0.05, 0.1) is 0 Å². The van der Waals surface area contributed by atoms with Gasteiger partial charge in [-0.3, -0.25) is 0 Å².